The van der Waals surface area contributed by atoms with Crippen molar-refractivity contribution in [3.8, 4) is 5.75 Å². The van der Waals surface area contributed by atoms with Crippen molar-refractivity contribution < 1.29 is 4.74 Å². The fraction of sp³-hybridized carbons (Fsp3) is 0.438. The van der Waals surface area contributed by atoms with E-state index >= 15 is 0 Å². The summed E-state index contributed by atoms with van der Waals surface area (Å²) in [5.74, 6) is 0.892. The summed E-state index contributed by atoms with van der Waals surface area (Å²) in [5.41, 5.74) is 9.08. The van der Waals surface area contributed by atoms with Crippen LogP contribution in [-0.2, 0) is 19.6 Å². The minimum Gasteiger partial charge on any atom is -0.487 e. The molecule has 0 amide bonds. The van der Waals surface area contributed by atoms with E-state index in [9.17, 15) is 0 Å². The van der Waals surface area contributed by atoms with Gasteiger partial charge in [0.05, 0.1) is 15.9 Å². The molecule has 1 heterocycles. The van der Waals surface area contributed by atoms with Gasteiger partial charge in [0.1, 0.15) is 12.4 Å². The van der Waals surface area contributed by atoms with Gasteiger partial charge < -0.3 is 10.5 Å². The van der Waals surface area contributed by atoms with E-state index in [-0.39, 0.29) is 6.04 Å². The van der Waals surface area contributed by atoms with Crippen LogP contribution < -0.4 is 10.5 Å². The van der Waals surface area contributed by atoms with Gasteiger partial charge in [-0.25, -0.2) is 0 Å². The smallest absolute Gasteiger partial charge is 0.131 e. The molecule has 0 aliphatic carbocycles. The molecule has 0 spiro atoms. The summed E-state index contributed by atoms with van der Waals surface area (Å²) < 4.78 is 9.00. The Morgan fingerprint density at radius 2 is 2.10 bits per heavy atom. The first-order valence-corrected chi connectivity index (χ1v) is 8.00. The lowest BCUT2D eigenvalue weighted by Gasteiger charge is -2.13. The molecule has 0 saturated heterocycles. The second kappa shape index (κ2) is 7.09. The fourth-order valence-corrected chi connectivity index (χ4v) is 2.71. The van der Waals surface area contributed by atoms with Gasteiger partial charge >= 0.3 is 0 Å². The van der Waals surface area contributed by atoms with Crippen LogP contribution in [0, 0.1) is 6.92 Å². The zero-order valence-corrected chi connectivity index (χ0v) is 14.4. The van der Waals surface area contributed by atoms with E-state index in [0.717, 1.165) is 40.1 Å². The number of para-hydroxylation sites is 1. The molecule has 1 atom stereocenters. The average Bonchev–Trinajstić information content (AvgIpc) is 2.73. The minimum atomic E-state index is 0.116. The van der Waals surface area contributed by atoms with Gasteiger partial charge in [0.15, 0.2) is 0 Å². The summed E-state index contributed by atoms with van der Waals surface area (Å²) in [6.45, 7) is 7.39. The van der Waals surface area contributed by atoms with E-state index in [4.69, 9.17) is 10.5 Å². The predicted molar refractivity (Wildman–Crippen MR) is 88.5 cm³/mol. The normalized spacial score (nSPS) is 12.4. The Labute approximate surface area is 134 Å². The molecule has 0 fully saturated rings. The highest BCUT2D eigenvalue weighted by Crippen LogP contribution is 2.25. The average molecular weight is 352 g/mol. The quantitative estimate of drug-likeness (QED) is 0.867. The summed E-state index contributed by atoms with van der Waals surface area (Å²) in [7, 11) is 0. The highest BCUT2D eigenvalue weighted by molar-refractivity contribution is 9.10. The van der Waals surface area contributed by atoms with Crippen molar-refractivity contribution in [2.24, 2.45) is 5.73 Å². The molecule has 114 valence electrons. The summed E-state index contributed by atoms with van der Waals surface area (Å²) in [5, 5.41) is 4.48. The first kappa shape index (κ1) is 16.0. The van der Waals surface area contributed by atoms with Crippen molar-refractivity contribution >= 4 is 15.9 Å². The number of aryl methyl sites for hydroxylation is 2. The molecule has 5 heteroatoms. The van der Waals surface area contributed by atoms with Crippen molar-refractivity contribution in [2.75, 3.05) is 0 Å². The number of hydrogen-bond acceptors (Lipinski definition) is 3. The highest BCUT2D eigenvalue weighted by atomic mass is 79.9. The van der Waals surface area contributed by atoms with Crippen LogP contribution in [0.5, 0.6) is 5.75 Å². The van der Waals surface area contributed by atoms with Crippen molar-refractivity contribution in [3.63, 3.8) is 0 Å². The zero-order valence-electron chi connectivity index (χ0n) is 12.8. The van der Waals surface area contributed by atoms with Crippen LogP contribution in [0.15, 0.2) is 28.7 Å². The van der Waals surface area contributed by atoms with Crippen LogP contribution >= 0.6 is 15.9 Å². The Balaban J connectivity index is 2.17. The zero-order chi connectivity index (χ0) is 15.4. The van der Waals surface area contributed by atoms with Gasteiger partial charge in [-0.3, -0.25) is 4.68 Å². The van der Waals surface area contributed by atoms with Crippen LogP contribution in [0.25, 0.3) is 0 Å². The van der Waals surface area contributed by atoms with Gasteiger partial charge in [-0.15, -0.1) is 0 Å². The molecule has 0 radical (unpaired) electrons. The van der Waals surface area contributed by atoms with Gasteiger partial charge in [0.25, 0.3) is 0 Å². The Kier molecular flexibility index (Phi) is 5.42. The molecule has 1 aromatic heterocycles. The Morgan fingerprint density at radius 1 is 1.38 bits per heavy atom. The molecule has 0 aliphatic rings. The summed E-state index contributed by atoms with van der Waals surface area (Å²) in [6.07, 6.45) is 0.809. The first-order chi connectivity index (χ1) is 10.0. The third-order valence-electron chi connectivity index (χ3n) is 3.33. The lowest BCUT2D eigenvalue weighted by molar-refractivity contribution is 0.288. The van der Waals surface area contributed by atoms with Gasteiger partial charge in [-0.2, -0.15) is 5.10 Å². The minimum absolute atomic E-state index is 0.116. The summed E-state index contributed by atoms with van der Waals surface area (Å²) >= 11 is 3.59. The molecule has 0 saturated carbocycles. The standard InChI is InChI=1S/C16H22BrN3O/c1-4-20-14(16(17)12(3)19-20)10-21-15-8-6-5-7-13(15)9-11(2)18/h5-8,11H,4,9-10,18H2,1-3H3. The predicted octanol–water partition coefficient (Wildman–Crippen LogP) is 3.44. The molecule has 1 unspecified atom stereocenters. The molecule has 2 aromatic rings. The molecule has 1 aromatic carbocycles. The number of nitrogens with zero attached hydrogens (tertiary/aromatic N) is 2. The first-order valence-electron chi connectivity index (χ1n) is 7.21. The van der Waals surface area contributed by atoms with E-state index in [2.05, 4.69) is 34.0 Å². The molecule has 2 rings (SSSR count). The molecule has 0 bridgehead atoms. The second-order valence-electron chi connectivity index (χ2n) is 5.24. The van der Waals surface area contributed by atoms with E-state index in [1.54, 1.807) is 0 Å². The monoisotopic (exact) mass is 351 g/mol. The number of aromatic nitrogens is 2. The van der Waals surface area contributed by atoms with E-state index in [1.165, 1.54) is 0 Å². The van der Waals surface area contributed by atoms with E-state index < -0.39 is 0 Å². The van der Waals surface area contributed by atoms with Crippen LogP contribution in [-0.4, -0.2) is 15.8 Å². The lowest BCUT2D eigenvalue weighted by Crippen LogP contribution is -2.18. The van der Waals surface area contributed by atoms with Crippen molar-refractivity contribution in [3.05, 3.63) is 45.7 Å². The third-order valence-corrected chi connectivity index (χ3v) is 4.36. The molecule has 21 heavy (non-hydrogen) atoms. The Hall–Kier alpha value is -1.33. The van der Waals surface area contributed by atoms with Gasteiger partial charge in [0, 0.05) is 12.6 Å². The fourth-order valence-electron chi connectivity index (χ4n) is 2.31. The Morgan fingerprint density at radius 3 is 2.76 bits per heavy atom. The van der Waals surface area contributed by atoms with Crippen LogP contribution in [0.2, 0.25) is 0 Å². The SMILES string of the molecule is CCn1nc(C)c(Br)c1COc1ccccc1CC(C)N. The third kappa shape index (κ3) is 3.86. The maximum Gasteiger partial charge on any atom is 0.131 e. The number of rotatable bonds is 6. The topological polar surface area (TPSA) is 53.1 Å². The van der Waals surface area contributed by atoms with Crippen molar-refractivity contribution in [2.45, 2.75) is 46.4 Å². The van der Waals surface area contributed by atoms with Crippen LogP contribution in [0.4, 0.5) is 0 Å². The number of benzene rings is 1. The number of hydrogen-bond donors (Lipinski definition) is 1. The number of ether oxygens (including phenoxy) is 1. The maximum absolute atomic E-state index is 6.01. The van der Waals surface area contributed by atoms with E-state index in [0.29, 0.717) is 6.61 Å². The van der Waals surface area contributed by atoms with Gasteiger partial charge in [-0.1, -0.05) is 18.2 Å². The van der Waals surface area contributed by atoms with Gasteiger partial charge in [-0.05, 0) is 54.8 Å². The lowest BCUT2D eigenvalue weighted by atomic mass is 10.1. The van der Waals surface area contributed by atoms with Crippen molar-refractivity contribution in [1.29, 1.82) is 0 Å². The molecule has 2 N–H and O–H groups in total. The van der Waals surface area contributed by atoms with Crippen LogP contribution in [0.3, 0.4) is 0 Å². The largest absolute Gasteiger partial charge is 0.487 e. The van der Waals surface area contributed by atoms with Crippen molar-refractivity contribution in [1.82, 2.24) is 9.78 Å². The number of halogens is 1. The van der Waals surface area contributed by atoms with E-state index in [1.807, 2.05) is 36.7 Å². The molecule has 0 aliphatic heterocycles. The number of nitrogens with two attached hydrogens (primary N) is 1. The molecular weight excluding hydrogens is 330 g/mol. The molecule has 4 nitrogen and oxygen atoms in total. The highest BCUT2D eigenvalue weighted by Gasteiger charge is 2.13. The van der Waals surface area contributed by atoms with Crippen LogP contribution in [0.1, 0.15) is 30.8 Å². The van der Waals surface area contributed by atoms with Gasteiger partial charge in [0.2, 0.25) is 0 Å². The summed E-state index contributed by atoms with van der Waals surface area (Å²) in [4.78, 5) is 0. The second-order valence-corrected chi connectivity index (χ2v) is 6.03. The summed E-state index contributed by atoms with van der Waals surface area (Å²) in [6, 6.07) is 8.17. The molecular formula is C16H22BrN3O. The maximum atomic E-state index is 6.01. The Bertz CT molecular complexity index is 608.